The first-order valence-electron chi connectivity index (χ1n) is 6.20. The normalized spacial score (nSPS) is 11.2. The number of nitrogens with zero attached hydrogens (tertiary/aromatic N) is 1. The lowest BCUT2D eigenvalue weighted by atomic mass is 10.1. The number of hydrogen-bond donors (Lipinski definition) is 2. The first kappa shape index (κ1) is 13.9. The van der Waals surface area contributed by atoms with Crippen molar-refractivity contribution in [1.29, 1.82) is 0 Å². The van der Waals surface area contributed by atoms with Crippen LogP contribution in [0.4, 0.5) is 0 Å². The maximum Gasteiger partial charge on any atom is 0.253 e. The summed E-state index contributed by atoms with van der Waals surface area (Å²) >= 11 is 6.12. The van der Waals surface area contributed by atoms with Crippen molar-refractivity contribution in [2.24, 2.45) is 0 Å². The molecule has 19 heavy (non-hydrogen) atoms. The van der Waals surface area contributed by atoms with Gasteiger partial charge in [0.15, 0.2) is 0 Å². The van der Waals surface area contributed by atoms with E-state index in [1.807, 2.05) is 44.1 Å². The van der Waals surface area contributed by atoms with E-state index < -0.39 is 0 Å². The van der Waals surface area contributed by atoms with Gasteiger partial charge in [0.05, 0.1) is 16.1 Å². The van der Waals surface area contributed by atoms with E-state index in [-0.39, 0.29) is 5.91 Å². The highest BCUT2D eigenvalue weighted by Crippen LogP contribution is 2.27. The molecule has 0 aliphatic rings. The molecule has 1 aromatic carbocycles. The van der Waals surface area contributed by atoms with Gasteiger partial charge in [0, 0.05) is 24.2 Å². The number of para-hydroxylation sites is 1. The Morgan fingerprint density at radius 3 is 2.84 bits per heavy atom. The van der Waals surface area contributed by atoms with Gasteiger partial charge in [-0.05, 0) is 27.1 Å². The minimum absolute atomic E-state index is 0.0622. The molecule has 0 radical (unpaired) electrons. The molecule has 0 saturated heterocycles. The smallest absolute Gasteiger partial charge is 0.253 e. The van der Waals surface area contributed by atoms with E-state index in [1.165, 1.54) is 0 Å². The lowest BCUT2D eigenvalue weighted by molar-refractivity contribution is 0.0952. The number of hydrogen-bond acceptors (Lipinski definition) is 2. The maximum atomic E-state index is 12.2. The number of aromatic amines is 1. The van der Waals surface area contributed by atoms with E-state index >= 15 is 0 Å². The molecule has 0 bridgehead atoms. The second kappa shape index (κ2) is 5.63. The molecule has 0 atom stereocenters. The highest BCUT2D eigenvalue weighted by Gasteiger charge is 2.16. The van der Waals surface area contributed by atoms with E-state index in [4.69, 9.17) is 11.6 Å². The van der Waals surface area contributed by atoms with E-state index in [0.717, 1.165) is 23.1 Å². The molecule has 2 N–H and O–H groups in total. The van der Waals surface area contributed by atoms with Gasteiger partial charge in [0.1, 0.15) is 0 Å². The number of nitrogens with one attached hydrogen (secondary N) is 2. The summed E-state index contributed by atoms with van der Waals surface area (Å²) in [4.78, 5) is 17.4. The van der Waals surface area contributed by atoms with E-state index in [0.29, 0.717) is 17.1 Å². The molecule has 4 nitrogen and oxygen atoms in total. The summed E-state index contributed by atoms with van der Waals surface area (Å²) in [6.45, 7) is 3.32. The zero-order valence-electron chi connectivity index (χ0n) is 11.4. The summed E-state index contributed by atoms with van der Waals surface area (Å²) < 4.78 is 0. The standard InChI is InChI=1S/C14H18ClN3O/c1-9-12(14(19)16-7-8-18(2)3)10-5-4-6-11(15)13(10)17-9/h4-6,17H,7-8H2,1-3H3,(H,16,19). The van der Waals surface area contributed by atoms with Gasteiger partial charge in [-0.2, -0.15) is 0 Å². The number of aryl methyl sites for hydroxylation is 1. The molecule has 2 aromatic rings. The van der Waals surface area contributed by atoms with Crippen LogP contribution in [0.25, 0.3) is 10.9 Å². The molecule has 0 saturated carbocycles. The molecular weight excluding hydrogens is 262 g/mol. The fourth-order valence-electron chi connectivity index (χ4n) is 2.09. The Morgan fingerprint density at radius 2 is 2.16 bits per heavy atom. The largest absolute Gasteiger partial charge is 0.357 e. The fraction of sp³-hybridized carbons (Fsp3) is 0.357. The molecule has 0 unspecified atom stereocenters. The van der Waals surface area contributed by atoms with Crippen molar-refractivity contribution in [2.45, 2.75) is 6.92 Å². The maximum absolute atomic E-state index is 12.2. The van der Waals surface area contributed by atoms with Crippen molar-refractivity contribution in [3.8, 4) is 0 Å². The fourth-order valence-corrected chi connectivity index (χ4v) is 2.31. The lowest BCUT2D eigenvalue weighted by Crippen LogP contribution is -2.31. The highest BCUT2D eigenvalue weighted by molar-refractivity contribution is 6.35. The monoisotopic (exact) mass is 279 g/mol. The van der Waals surface area contributed by atoms with Gasteiger partial charge in [0.2, 0.25) is 0 Å². The van der Waals surface area contributed by atoms with Gasteiger partial charge in [0.25, 0.3) is 5.91 Å². The molecule has 1 aromatic heterocycles. The Bertz CT molecular complexity index is 604. The van der Waals surface area contributed by atoms with E-state index in [1.54, 1.807) is 0 Å². The second-order valence-corrected chi connectivity index (χ2v) is 5.25. The van der Waals surface area contributed by atoms with Crippen LogP contribution >= 0.6 is 11.6 Å². The van der Waals surface area contributed by atoms with E-state index in [2.05, 4.69) is 10.3 Å². The van der Waals surface area contributed by atoms with Crippen LogP contribution in [0, 0.1) is 6.92 Å². The Morgan fingerprint density at radius 1 is 1.42 bits per heavy atom. The quantitative estimate of drug-likeness (QED) is 0.903. The number of fused-ring (bicyclic) bond motifs is 1. The number of likely N-dealkylation sites (N-methyl/N-ethyl adjacent to an activating group) is 1. The predicted octanol–water partition coefficient (Wildman–Crippen LogP) is 2.42. The molecule has 5 heteroatoms. The molecular formula is C14H18ClN3O. The minimum Gasteiger partial charge on any atom is -0.357 e. The Kier molecular flexibility index (Phi) is 4.12. The molecule has 1 amide bonds. The average molecular weight is 280 g/mol. The third kappa shape index (κ3) is 2.91. The highest BCUT2D eigenvalue weighted by atomic mass is 35.5. The summed E-state index contributed by atoms with van der Waals surface area (Å²) in [6, 6.07) is 5.58. The number of carbonyl (C=O) groups excluding carboxylic acids is 1. The Hall–Kier alpha value is -1.52. The number of halogens is 1. The molecule has 0 aliphatic carbocycles. The van der Waals surface area contributed by atoms with Gasteiger partial charge in [-0.3, -0.25) is 4.79 Å². The predicted molar refractivity (Wildman–Crippen MR) is 78.9 cm³/mol. The van der Waals surface area contributed by atoms with Crippen LogP contribution in [0.5, 0.6) is 0 Å². The second-order valence-electron chi connectivity index (χ2n) is 4.85. The van der Waals surface area contributed by atoms with Crippen LogP contribution in [-0.4, -0.2) is 43.0 Å². The number of amides is 1. The first-order valence-corrected chi connectivity index (χ1v) is 6.58. The summed E-state index contributed by atoms with van der Waals surface area (Å²) in [6.07, 6.45) is 0. The minimum atomic E-state index is -0.0622. The summed E-state index contributed by atoms with van der Waals surface area (Å²) in [5.41, 5.74) is 2.33. The molecule has 0 spiro atoms. The van der Waals surface area contributed by atoms with Gasteiger partial charge < -0.3 is 15.2 Å². The molecule has 1 heterocycles. The number of aromatic nitrogens is 1. The van der Waals surface area contributed by atoms with Crippen molar-refractivity contribution in [1.82, 2.24) is 15.2 Å². The topological polar surface area (TPSA) is 48.1 Å². The van der Waals surface area contributed by atoms with Gasteiger partial charge >= 0.3 is 0 Å². The number of benzene rings is 1. The molecule has 0 fully saturated rings. The first-order chi connectivity index (χ1) is 9.00. The number of rotatable bonds is 4. The van der Waals surface area contributed by atoms with Crippen LogP contribution in [0.2, 0.25) is 5.02 Å². The van der Waals surface area contributed by atoms with Gasteiger partial charge in [-0.15, -0.1) is 0 Å². The van der Waals surface area contributed by atoms with Crippen molar-refractivity contribution in [3.63, 3.8) is 0 Å². The third-order valence-electron chi connectivity index (χ3n) is 3.04. The lowest BCUT2D eigenvalue weighted by Gasteiger charge is -2.10. The van der Waals surface area contributed by atoms with Gasteiger partial charge in [-0.1, -0.05) is 23.7 Å². The van der Waals surface area contributed by atoms with Crippen molar-refractivity contribution < 1.29 is 4.79 Å². The Labute approximate surface area is 117 Å². The number of carbonyl (C=O) groups is 1. The Balaban J connectivity index is 2.27. The zero-order valence-corrected chi connectivity index (χ0v) is 12.1. The zero-order chi connectivity index (χ0) is 14.0. The third-order valence-corrected chi connectivity index (χ3v) is 3.36. The van der Waals surface area contributed by atoms with Crippen molar-refractivity contribution in [3.05, 3.63) is 34.5 Å². The average Bonchev–Trinajstić information content (AvgIpc) is 2.66. The van der Waals surface area contributed by atoms with Crippen LogP contribution in [-0.2, 0) is 0 Å². The van der Waals surface area contributed by atoms with Crippen molar-refractivity contribution >= 4 is 28.4 Å². The number of H-pyrrole nitrogens is 1. The van der Waals surface area contributed by atoms with Crippen LogP contribution < -0.4 is 5.32 Å². The van der Waals surface area contributed by atoms with E-state index in [9.17, 15) is 4.79 Å². The molecule has 0 aliphatic heterocycles. The van der Waals surface area contributed by atoms with Crippen LogP contribution in [0.1, 0.15) is 16.1 Å². The molecule has 102 valence electrons. The van der Waals surface area contributed by atoms with Crippen molar-refractivity contribution in [2.75, 3.05) is 27.2 Å². The summed E-state index contributed by atoms with van der Waals surface area (Å²) in [5, 5.41) is 4.43. The SMILES string of the molecule is Cc1[nH]c2c(Cl)cccc2c1C(=O)NCCN(C)C. The van der Waals surface area contributed by atoms with Crippen LogP contribution in [0.3, 0.4) is 0 Å². The summed E-state index contributed by atoms with van der Waals surface area (Å²) in [5.74, 6) is -0.0622. The van der Waals surface area contributed by atoms with Crippen LogP contribution in [0.15, 0.2) is 18.2 Å². The molecule has 2 rings (SSSR count). The summed E-state index contributed by atoms with van der Waals surface area (Å²) in [7, 11) is 3.95. The van der Waals surface area contributed by atoms with Gasteiger partial charge in [-0.25, -0.2) is 0 Å².